The van der Waals surface area contributed by atoms with E-state index >= 15 is 0 Å². The molecule has 1 saturated carbocycles. The number of aromatic nitrogens is 3. The van der Waals surface area contributed by atoms with Gasteiger partial charge in [-0.05, 0) is 44.0 Å². The molecule has 2 heterocycles. The first kappa shape index (κ1) is 18.8. The average molecular weight is 383 g/mol. The molecule has 1 saturated heterocycles. The van der Waals surface area contributed by atoms with Crippen LogP contribution in [0.25, 0.3) is 0 Å². The van der Waals surface area contributed by atoms with Gasteiger partial charge >= 0.3 is 0 Å². The second-order valence-corrected chi connectivity index (χ2v) is 7.87. The summed E-state index contributed by atoms with van der Waals surface area (Å²) in [6.07, 6.45) is 7.88. The van der Waals surface area contributed by atoms with Crippen LogP contribution in [0.1, 0.15) is 55.6 Å². The van der Waals surface area contributed by atoms with Crippen LogP contribution < -0.4 is 9.64 Å². The molecule has 1 atom stereocenters. The van der Waals surface area contributed by atoms with E-state index in [1.165, 1.54) is 19.3 Å². The van der Waals surface area contributed by atoms with Crippen LogP contribution >= 0.6 is 0 Å². The average Bonchev–Trinajstić information content (AvgIpc) is 3.24. The SMILES string of the molecule is COc1ccc(N2CCN(C(=O)c3cn(C4CCCCC4)nn3)C(C)C2)cc1. The zero-order chi connectivity index (χ0) is 19.5. The van der Waals surface area contributed by atoms with E-state index in [1.54, 1.807) is 7.11 Å². The van der Waals surface area contributed by atoms with Crippen LogP contribution in [0.5, 0.6) is 5.75 Å². The third kappa shape index (κ3) is 3.84. The fraction of sp³-hybridized carbons (Fsp3) is 0.571. The van der Waals surface area contributed by atoms with Crippen molar-refractivity contribution in [3.05, 3.63) is 36.2 Å². The number of nitrogens with zero attached hydrogens (tertiary/aromatic N) is 5. The third-order valence-electron chi connectivity index (χ3n) is 6.00. The minimum atomic E-state index is -0.0102. The minimum Gasteiger partial charge on any atom is -0.497 e. The summed E-state index contributed by atoms with van der Waals surface area (Å²) >= 11 is 0. The second-order valence-electron chi connectivity index (χ2n) is 7.87. The Morgan fingerprint density at radius 2 is 1.86 bits per heavy atom. The van der Waals surface area contributed by atoms with E-state index in [0.717, 1.165) is 37.4 Å². The predicted molar refractivity (Wildman–Crippen MR) is 108 cm³/mol. The van der Waals surface area contributed by atoms with Gasteiger partial charge in [-0.15, -0.1) is 5.10 Å². The number of benzene rings is 1. The molecule has 1 aromatic heterocycles. The van der Waals surface area contributed by atoms with Crippen LogP contribution in [0, 0.1) is 0 Å². The van der Waals surface area contributed by atoms with Crippen LogP contribution in [-0.4, -0.2) is 58.6 Å². The van der Waals surface area contributed by atoms with Crippen LogP contribution in [0.2, 0.25) is 0 Å². The van der Waals surface area contributed by atoms with E-state index in [0.29, 0.717) is 18.3 Å². The number of rotatable bonds is 4. The number of carbonyl (C=O) groups is 1. The maximum atomic E-state index is 13.0. The minimum absolute atomic E-state index is 0.0102. The molecule has 0 radical (unpaired) electrons. The Bertz CT molecular complexity index is 797. The molecule has 2 fully saturated rings. The van der Waals surface area contributed by atoms with Gasteiger partial charge in [0, 0.05) is 31.4 Å². The van der Waals surface area contributed by atoms with Crippen molar-refractivity contribution in [2.24, 2.45) is 0 Å². The third-order valence-corrected chi connectivity index (χ3v) is 6.00. The molecule has 4 rings (SSSR count). The van der Waals surface area contributed by atoms with Crippen LogP contribution in [0.3, 0.4) is 0 Å². The Kier molecular flexibility index (Phi) is 5.50. The van der Waals surface area contributed by atoms with Gasteiger partial charge in [0.25, 0.3) is 5.91 Å². The highest BCUT2D eigenvalue weighted by Crippen LogP contribution is 2.28. The molecule has 2 aliphatic rings. The molecular weight excluding hydrogens is 354 g/mol. The number of hydrogen-bond acceptors (Lipinski definition) is 5. The van der Waals surface area contributed by atoms with Crippen molar-refractivity contribution in [1.82, 2.24) is 19.9 Å². The summed E-state index contributed by atoms with van der Waals surface area (Å²) in [7, 11) is 1.67. The summed E-state index contributed by atoms with van der Waals surface area (Å²) in [6.45, 7) is 4.38. The maximum Gasteiger partial charge on any atom is 0.276 e. The van der Waals surface area contributed by atoms with Crippen molar-refractivity contribution in [3.8, 4) is 5.75 Å². The first-order valence-corrected chi connectivity index (χ1v) is 10.3. The highest BCUT2D eigenvalue weighted by molar-refractivity contribution is 5.92. The van der Waals surface area contributed by atoms with Gasteiger partial charge in [-0.1, -0.05) is 24.5 Å². The topological polar surface area (TPSA) is 63.5 Å². The highest BCUT2D eigenvalue weighted by atomic mass is 16.5. The first-order chi connectivity index (χ1) is 13.7. The van der Waals surface area contributed by atoms with E-state index in [9.17, 15) is 4.79 Å². The Morgan fingerprint density at radius 1 is 1.11 bits per heavy atom. The second kappa shape index (κ2) is 8.20. The van der Waals surface area contributed by atoms with Crippen LogP contribution in [0.15, 0.2) is 30.5 Å². The summed E-state index contributed by atoms with van der Waals surface area (Å²) in [5.41, 5.74) is 1.62. The van der Waals surface area contributed by atoms with Gasteiger partial charge in [0.15, 0.2) is 5.69 Å². The number of anilines is 1. The van der Waals surface area contributed by atoms with Crippen molar-refractivity contribution in [1.29, 1.82) is 0 Å². The summed E-state index contributed by atoms with van der Waals surface area (Å²) in [6, 6.07) is 8.59. The number of hydrogen-bond donors (Lipinski definition) is 0. The molecule has 28 heavy (non-hydrogen) atoms. The van der Waals surface area contributed by atoms with E-state index in [4.69, 9.17) is 4.74 Å². The number of methoxy groups -OCH3 is 1. The monoisotopic (exact) mass is 383 g/mol. The van der Waals surface area contributed by atoms with E-state index < -0.39 is 0 Å². The molecule has 1 aromatic carbocycles. The zero-order valence-electron chi connectivity index (χ0n) is 16.8. The van der Waals surface area contributed by atoms with Gasteiger partial charge in [0.2, 0.25) is 0 Å². The number of ether oxygens (including phenoxy) is 1. The van der Waals surface area contributed by atoms with Gasteiger partial charge in [-0.25, -0.2) is 4.68 Å². The molecule has 0 N–H and O–H groups in total. The van der Waals surface area contributed by atoms with Crippen LogP contribution in [-0.2, 0) is 0 Å². The molecule has 1 unspecified atom stereocenters. The number of carbonyl (C=O) groups excluding carboxylic acids is 1. The summed E-state index contributed by atoms with van der Waals surface area (Å²) in [5, 5.41) is 8.45. The number of amides is 1. The van der Waals surface area contributed by atoms with Gasteiger partial charge in [-0.3, -0.25) is 4.79 Å². The summed E-state index contributed by atoms with van der Waals surface area (Å²) < 4.78 is 7.14. The fourth-order valence-electron chi connectivity index (χ4n) is 4.33. The Morgan fingerprint density at radius 3 is 2.54 bits per heavy atom. The first-order valence-electron chi connectivity index (χ1n) is 10.3. The highest BCUT2D eigenvalue weighted by Gasteiger charge is 2.30. The molecule has 0 bridgehead atoms. The molecule has 1 aliphatic heterocycles. The van der Waals surface area contributed by atoms with Crippen molar-refractivity contribution in [2.75, 3.05) is 31.6 Å². The van der Waals surface area contributed by atoms with Crippen molar-refractivity contribution >= 4 is 11.6 Å². The lowest BCUT2D eigenvalue weighted by molar-refractivity contribution is 0.0668. The van der Waals surface area contributed by atoms with Crippen molar-refractivity contribution in [3.63, 3.8) is 0 Å². The molecular formula is C21H29N5O2. The fourth-order valence-corrected chi connectivity index (χ4v) is 4.33. The lowest BCUT2D eigenvalue weighted by Crippen LogP contribution is -2.54. The predicted octanol–water partition coefficient (Wildman–Crippen LogP) is 3.14. The molecule has 150 valence electrons. The van der Waals surface area contributed by atoms with E-state index in [1.807, 2.05) is 27.9 Å². The van der Waals surface area contributed by atoms with Crippen molar-refractivity contribution < 1.29 is 9.53 Å². The lowest BCUT2D eigenvalue weighted by Gasteiger charge is -2.40. The molecule has 7 heteroatoms. The maximum absolute atomic E-state index is 13.0. The lowest BCUT2D eigenvalue weighted by atomic mass is 9.96. The van der Waals surface area contributed by atoms with Crippen LogP contribution in [0.4, 0.5) is 5.69 Å². The molecule has 1 amide bonds. The van der Waals surface area contributed by atoms with E-state index in [2.05, 4.69) is 34.3 Å². The molecule has 2 aromatic rings. The van der Waals surface area contributed by atoms with Gasteiger partial charge in [-0.2, -0.15) is 0 Å². The smallest absolute Gasteiger partial charge is 0.276 e. The largest absolute Gasteiger partial charge is 0.497 e. The molecule has 0 spiro atoms. The standard InChI is InChI=1S/C21H29N5O2/c1-16-14-24(17-8-10-19(28-2)11-9-17)12-13-25(16)21(27)20-15-26(23-22-20)18-6-4-3-5-7-18/h8-11,15-16,18H,3-7,12-14H2,1-2H3. The molecule has 1 aliphatic carbocycles. The van der Waals surface area contributed by atoms with Gasteiger partial charge in [0.1, 0.15) is 5.75 Å². The van der Waals surface area contributed by atoms with Crippen molar-refractivity contribution in [2.45, 2.75) is 51.1 Å². The van der Waals surface area contributed by atoms with E-state index in [-0.39, 0.29) is 11.9 Å². The normalized spacial score (nSPS) is 21.0. The Labute approximate surface area is 166 Å². The molecule has 7 nitrogen and oxygen atoms in total. The Hall–Kier alpha value is -2.57. The summed E-state index contributed by atoms with van der Waals surface area (Å²) in [5.74, 6) is 0.843. The van der Waals surface area contributed by atoms with Gasteiger partial charge < -0.3 is 14.5 Å². The van der Waals surface area contributed by atoms with Gasteiger partial charge in [0.05, 0.1) is 19.3 Å². The Balaban J connectivity index is 1.40. The quantitative estimate of drug-likeness (QED) is 0.812. The zero-order valence-corrected chi connectivity index (χ0v) is 16.8. The number of piperazine rings is 1. The summed E-state index contributed by atoms with van der Waals surface area (Å²) in [4.78, 5) is 17.2.